The first-order chi connectivity index (χ1) is 14.9. The number of fused-ring (bicyclic) bond motifs is 1. The Hall–Kier alpha value is -2.78. The fraction of sp³-hybridized carbons (Fsp3) is 0.273. The van der Waals surface area contributed by atoms with E-state index in [4.69, 9.17) is 12.2 Å². The maximum atomic E-state index is 14.2. The molecule has 0 spiro atoms. The molecule has 1 aromatic carbocycles. The number of carbonyl (C=O) groups is 3. The maximum absolute atomic E-state index is 14.2. The molecule has 9 heteroatoms. The van der Waals surface area contributed by atoms with E-state index >= 15 is 0 Å². The lowest BCUT2D eigenvalue weighted by Gasteiger charge is -2.35. The van der Waals surface area contributed by atoms with Crippen molar-refractivity contribution in [1.29, 1.82) is 0 Å². The largest absolute Gasteiger partial charge is 0.360 e. The third-order valence-electron chi connectivity index (χ3n) is 5.49. The highest BCUT2D eigenvalue weighted by Crippen LogP contribution is 2.25. The van der Waals surface area contributed by atoms with Gasteiger partial charge in [0.25, 0.3) is 17.6 Å². The number of benzene rings is 1. The van der Waals surface area contributed by atoms with Crippen molar-refractivity contribution in [2.45, 2.75) is 6.42 Å². The molecule has 1 aliphatic carbocycles. The monoisotopic (exact) mass is 457 g/mol. The van der Waals surface area contributed by atoms with Crippen LogP contribution >= 0.6 is 24.0 Å². The van der Waals surface area contributed by atoms with Gasteiger partial charge in [-0.1, -0.05) is 24.4 Å². The van der Waals surface area contributed by atoms with Crippen molar-refractivity contribution in [3.63, 3.8) is 0 Å². The number of allylic oxidation sites excluding steroid dienone is 2. The maximum Gasteiger partial charge on any atom is 0.295 e. The number of aromatic nitrogens is 1. The number of piperazine rings is 1. The van der Waals surface area contributed by atoms with Crippen LogP contribution < -0.4 is 0 Å². The van der Waals surface area contributed by atoms with Crippen molar-refractivity contribution in [1.82, 2.24) is 14.8 Å². The molecule has 0 bridgehead atoms. The number of nitrogens with zero attached hydrogens (tertiary/aromatic N) is 2. The third kappa shape index (κ3) is 4.07. The zero-order valence-corrected chi connectivity index (χ0v) is 18.4. The summed E-state index contributed by atoms with van der Waals surface area (Å²) in [5.41, 5.74) is 1.000. The number of hydrogen-bond acceptors (Lipinski definition) is 5. The molecule has 1 N–H and O–H groups in total. The Morgan fingerprint density at radius 1 is 1.13 bits per heavy atom. The van der Waals surface area contributed by atoms with Crippen molar-refractivity contribution < 1.29 is 18.8 Å². The Kier molecular flexibility index (Phi) is 6.06. The number of hydrogen-bond donors (Lipinski definition) is 1. The number of Topliss-reactive ketones (excluding diaryl/α,β-unsaturated/α-hetero) is 1. The van der Waals surface area contributed by atoms with Crippen molar-refractivity contribution >= 4 is 57.3 Å². The second kappa shape index (κ2) is 8.76. The van der Waals surface area contributed by atoms with Gasteiger partial charge in [0.15, 0.2) is 0 Å². The van der Waals surface area contributed by atoms with E-state index in [2.05, 4.69) is 4.98 Å². The van der Waals surface area contributed by atoms with E-state index in [0.29, 0.717) is 35.5 Å². The van der Waals surface area contributed by atoms with Crippen molar-refractivity contribution in [2.24, 2.45) is 0 Å². The standard InChI is InChI=1S/C22H20FN3O3S2/c1-31-13-5-6-18(30)14(11-13)21(28)25-7-9-26(10-8-25)22(29)20(27)15-12-24-17-4-2-3-16(23)19(15)17/h2-5,11-12,24H,6-10H2,1H3. The number of amides is 2. The molecule has 160 valence electrons. The van der Waals surface area contributed by atoms with Gasteiger partial charge in [-0.2, -0.15) is 0 Å². The molecule has 1 aromatic heterocycles. The van der Waals surface area contributed by atoms with Gasteiger partial charge in [0, 0.05) is 59.5 Å². The molecule has 4 rings (SSSR count). The van der Waals surface area contributed by atoms with E-state index in [9.17, 15) is 18.8 Å². The van der Waals surface area contributed by atoms with E-state index in [1.165, 1.54) is 23.2 Å². The quantitative estimate of drug-likeness (QED) is 0.434. The fourth-order valence-electron chi connectivity index (χ4n) is 3.77. The average molecular weight is 458 g/mol. The molecule has 0 atom stereocenters. The molecule has 1 fully saturated rings. The van der Waals surface area contributed by atoms with Crippen LogP contribution in [0.5, 0.6) is 0 Å². The minimum absolute atomic E-state index is 0.0192. The SMILES string of the molecule is CSC1=CCC(=S)C(C(=O)N2CCN(C(=O)C(=O)c3c[nH]c4cccc(F)c34)CC2)=C1. The Bertz CT molecular complexity index is 1160. The minimum atomic E-state index is -0.762. The molecule has 1 aliphatic heterocycles. The highest BCUT2D eigenvalue weighted by atomic mass is 32.2. The number of rotatable bonds is 4. The number of ketones is 1. The summed E-state index contributed by atoms with van der Waals surface area (Å²) in [4.78, 5) is 45.9. The highest BCUT2D eigenvalue weighted by Gasteiger charge is 2.32. The third-order valence-corrected chi connectivity index (χ3v) is 6.63. The van der Waals surface area contributed by atoms with E-state index in [1.54, 1.807) is 22.7 Å². The van der Waals surface area contributed by atoms with Gasteiger partial charge < -0.3 is 14.8 Å². The molecule has 1 saturated heterocycles. The summed E-state index contributed by atoms with van der Waals surface area (Å²) in [6, 6.07) is 4.43. The molecule has 2 heterocycles. The first-order valence-electron chi connectivity index (χ1n) is 9.78. The van der Waals surface area contributed by atoms with Crippen molar-refractivity contribution in [3.05, 3.63) is 58.4 Å². The molecule has 0 radical (unpaired) electrons. The molecular weight excluding hydrogens is 437 g/mol. The van der Waals surface area contributed by atoms with Crippen LogP contribution in [0.3, 0.4) is 0 Å². The predicted octanol–water partition coefficient (Wildman–Crippen LogP) is 3.11. The fourth-order valence-corrected chi connectivity index (χ4v) is 4.48. The zero-order chi connectivity index (χ0) is 22.1. The topological polar surface area (TPSA) is 73.5 Å². The van der Waals surface area contributed by atoms with Gasteiger partial charge >= 0.3 is 0 Å². The van der Waals surface area contributed by atoms with Crippen molar-refractivity contribution in [3.8, 4) is 0 Å². The molecule has 6 nitrogen and oxygen atoms in total. The number of thiocarbonyl (C=S) groups is 1. The van der Waals surface area contributed by atoms with Gasteiger partial charge in [0.05, 0.1) is 11.1 Å². The first kappa shape index (κ1) is 21.5. The zero-order valence-electron chi connectivity index (χ0n) is 16.8. The van der Waals surface area contributed by atoms with Gasteiger partial charge in [0.2, 0.25) is 0 Å². The van der Waals surface area contributed by atoms with Gasteiger partial charge in [-0.05, 0) is 24.5 Å². The number of H-pyrrole nitrogens is 1. The van der Waals surface area contributed by atoms with E-state index < -0.39 is 17.5 Å². The van der Waals surface area contributed by atoms with Crippen LogP contribution in [0.1, 0.15) is 16.8 Å². The highest BCUT2D eigenvalue weighted by molar-refractivity contribution is 8.02. The van der Waals surface area contributed by atoms with Crippen LogP contribution in [-0.4, -0.2) is 69.7 Å². The first-order valence-corrected chi connectivity index (χ1v) is 11.4. The van der Waals surface area contributed by atoms with Crippen LogP contribution in [0.15, 0.2) is 47.0 Å². The summed E-state index contributed by atoms with van der Waals surface area (Å²) >= 11 is 6.91. The average Bonchev–Trinajstić information content (AvgIpc) is 3.23. The van der Waals surface area contributed by atoms with Gasteiger partial charge in [-0.15, -0.1) is 11.8 Å². The molecule has 31 heavy (non-hydrogen) atoms. The van der Waals surface area contributed by atoms with Crippen LogP contribution in [-0.2, 0) is 9.59 Å². The molecule has 2 aliphatic rings. The number of halogens is 1. The summed E-state index contributed by atoms with van der Waals surface area (Å²) in [7, 11) is 0. The predicted molar refractivity (Wildman–Crippen MR) is 123 cm³/mol. The lowest BCUT2D eigenvalue weighted by atomic mass is 10.0. The normalized spacial score (nSPS) is 16.9. The molecule has 0 saturated carbocycles. The Balaban J connectivity index is 1.44. The number of thioether (sulfide) groups is 1. The molecule has 2 amide bonds. The number of aromatic amines is 1. The van der Waals surface area contributed by atoms with Crippen LogP contribution in [0.25, 0.3) is 10.9 Å². The second-order valence-corrected chi connectivity index (χ2v) is 8.65. The van der Waals surface area contributed by atoms with Gasteiger partial charge in [-0.3, -0.25) is 14.4 Å². The smallest absolute Gasteiger partial charge is 0.295 e. The van der Waals surface area contributed by atoms with E-state index in [-0.39, 0.29) is 29.9 Å². The summed E-state index contributed by atoms with van der Waals surface area (Å²) in [6.45, 7) is 1.07. The number of nitrogens with one attached hydrogen (secondary N) is 1. The Labute approximate surface area is 188 Å². The van der Waals surface area contributed by atoms with Crippen LogP contribution in [0.2, 0.25) is 0 Å². The lowest BCUT2D eigenvalue weighted by Crippen LogP contribution is -2.52. The van der Waals surface area contributed by atoms with Crippen LogP contribution in [0.4, 0.5) is 4.39 Å². The lowest BCUT2D eigenvalue weighted by molar-refractivity contribution is -0.134. The molecule has 0 unspecified atom stereocenters. The summed E-state index contributed by atoms with van der Waals surface area (Å²) < 4.78 is 14.2. The van der Waals surface area contributed by atoms with Crippen molar-refractivity contribution in [2.75, 3.05) is 32.4 Å². The molecule has 2 aromatic rings. The summed E-state index contributed by atoms with van der Waals surface area (Å²) in [5.74, 6) is -2.17. The summed E-state index contributed by atoms with van der Waals surface area (Å²) in [5, 5.41) is 0.116. The Morgan fingerprint density at radius 2 is 1.84 bits per heavy atom. The van der Waals surface area contributed by atoms with E-state index in [0.717, 1.165) is 4.91 Å². The minimum Gasteiger partial charge on any atom is -0.360 e. The summed E-state index contributed by atoms with van der Waals surface area (Å²) in [6.07, 6.45) is 7.68. The van der Waals surface area contributed by atoms with Gasteiger partial charge in [-0.25, -0.2) is 4.39 Å². The Morgan fingerprint density at radius 3 is 2.55 bits per heavy atom. The number of carbonyl (C=O) groups excluding carboxylic acids is 3. The second-order valence-electron chi connectivity index (χ2n) is 7.27. The van der Waals surface area contributed by atoms with Crippen LogP contribution in [0, 0.1) is 5.82 Å². The molecular formula is C22H20FN3O3S2. The van der Waals surface area contributed by atoms with E-state index in [1.807, 2.05) is 18.4 Å². The van der Waals surface area contributed by atoms with Gasteiger partial charge in [0.1, 0.15) is 5.82 Å².